The Morgan fingerprint density at radius 2 is 1.84 bits per heavy atom. The molecule has 0 radical (unpaired) electrons. The molecular formula is C14H24IN3O. The van der Waals surface area contributed by atoms with Crippen LogP contribution in [0.25, 0.3) is 0 Å². The van der Waals surface area contributed by atoms with Gasteiger partial charge in [0, 0.05) is 26.7 Å². The summed E-state index contributed by atoms with van der Waals surface area (Å²) in [6, 6.07) is 10.4. The van der Waals surface area contributed by atoms with E-state index in [0.717, 1.165) is 32.1 Å². The van der Waals surface area contributed by atoms with E-state index in [-0.39, 0.29) is 24.0 Å². The molecule has 19 heavy (non-hydrogen) atoms. The molecule has 4 nitrogen and oxygen atoms in total. The number of nitrogens with zero attached hydrogens (tertiary/aromatic N) is 1. The number of ether oxygens (including phenoxy) is 1. The van der Waals surface area contributed by atoms with E-state index in [1.807, 2.05) is 13.0 Å². The molecule has 0 saturated carbocycles. The number of hydrogen-bond donors (Lipinski definition) is 2. The van der Waals surface area contributed by atoms with Crippen molar-refractivity contribution >= 4 is 29.9 Å². The maximum absolute atomic E-state index is 5.26. The van der Waals surface area contributed by atoms with Gasteiger partial charge in [-0.2, -0.15) is 0 Å². The Morgan fingerprint density at radius 1 is 1.16 bits per heavy atom. The molecule has 0 unspecified atom stereocenters. The minimum atomic E-state index is 0. The van der Waals surface area contributed by atoms with E-state index in [1.165, 1.54) is 5.56 Å². The molecule has 0 bridgehead atoms. The molecule has 0 aliphatic carbocycles. The van der Waals surface area contributed by atoms with E-state index in [9.17, 15) is 0 Å². The lowest BCUT2D eigenvalue weighted by atomic mass is 10.1. The van der Waals surface area contributed by atoms with Crippen molar-refractivity contribution in [1.29, 1.82) is 0 Å². The van der Waals surface area contributed by atoms with Gasteiger partial charge in [0.05, 0.1) is 6.61 Å². The average molecular weight is 377 g/mol. The second kappa shape index (κ2) is 12.2. The monoisotopic (exact) mass is 377 g/mol. The summed E-state index contributed by atoms with van der Waals surface area (Å²) in [6.45, 7) is 5.10. The molecule has 0 aliphatic heterocycles. The van der Waals surface area contributed by atoms with Crippen LogP contribution < -0.4 is 10.6 Å². The first-order valence-electron chi connectivity index (χ1n) is 6.43. The van der Waals surface area contributed by atoms with E-state index in [0.29, 0.717) is 6.61 Å². The summed E-state index contributed by atoms with van der Waals surface area (Å²) in [5.74, 6) is 0.825. The van der Waals surface area contributed by atoms with Gasteiger partial charge in [-0.25, -0.2) is 0 Å². The van der Waals surface area contributed by atoms with Crippen LogP contribution in [0, 0.1) is 0 Å². The van der Waals surface area contributed by atoms with Gasteiger partial charge in [-0.15, -0.1) is 24.0 Å². The van der Waals surface area contributed by atoms with Crippen molar-refractivity contribution in [1.82, 2.24) is 10.6 Å². The number of rotatable bonds is 7. The molecule has 108 valence electrons. The second-order valence-corrected chi connectivity index (χ2v) is 3.86. The molecule has 0 aromatic heterocycles. The van der Waals surface area contributed by atoms with Crippen molar-refractivity contribution in [3.8, 4) is 0 Å². The van der Waals surface area contributed by atoms with Crippen LogP contribution in [0.15, 0.2) is 35.3 Å². The van der Waals surface area contributed by atoms with Crippen LogP contribution in [0.4, 0.5) is 0 Å². The Labute approximate surface area is 133 Å². The highest BCUT2D eigenvalue weighted by atomic mass is 127. The molecule has 1 aromatic carbocycles. The average Bonchev–Trinajstić information content (AvgIpc) is 2.42. The van der Waals surface area contributed by atoms with E-state index >= 15 is 0 Å². The van der Waals surface area contributed by atoms with E-state index in [4.69, 9.17) is 4.74 Å². The largest absolute Gasteiger partial charge is 0.380 e. The first kappa shape index (κ1) is 18.2. The van der Waals surface area contributed by atoms with Crippen LogP contribution in [0.3, 0.4) is 0 Å². The first-order valence-corrected chi connectivity index (χ1v) is 6.43. The van der Waals surface area contributed by atoms with Gasteiger partial charge in [-0.1, -0.05) is 30.3 Å². The first-order chi connectivity index (χ1) is 8.86. The topological polar surface area (TPSA) is 45.6 Å². The summed E-state index contributed by atoms with van der Waals surface area (Å²) in [5, 5.41) is 6.48. The lowest BCUT2D eigenvalue weighted by Gasteiger charge is -2.11. The van der Waals surface area contributed by atoms with E-state index < -0.39 is 0 Å². The Bertz CT molecular complexity index is 344. The smallest absolute Gasteiger partial charge is 0.191 e. The van der Waals surface area contributed by atoms with E-state index in [1.54, 1.807) is 7.05 Å². The standard InChI is InChI=1S/C14H23N3O.HI/c1-3-18-12-11-17-14(15-2)16-10-9-13-7-5-4-6-8-13;/h4-8H,3,9-12H2,1-2H3,(H2,15,16,17);1H. The summed E-state index contributed by atoms with van der Waals surface area (Å²) >= 11 is 0. The summed E-state index contributed by atoms with van der Waals surface area (Å²) in [7, 11) is 1.78. The van der Waals surface area contributed by atoms with E-state index in [2.05, 4.69) is 39.9 Å². The Balaban J connectivity index is 0.00000324. The Morgan fingerprint density at radius 3 is 2.47 bits per heavy atom. The fraction of sp³-hybridized carbons (Fsp3) is 0.500. The van der Waals surface area contributed by atoms with Gasteiger partial charge in [0.1, 0.15) is 0 Å². The highest BCUT2D eigenvalue weighted by Crippen LogP contribution is 1.97. The molecule has 5 heteroatoms. The molecule has 0 fully saturated rings. The van der Waals surface area contributed by atoms with Gasteiger partial charge in [-0.05, 0) is 18.9 Å². The summed E-state index contributed by atoms with van der Waals surface area (Å²) < 4.78 is 5.26. The number of guanidine groups is 1. The highest BCUT2D eigenvalue weighted by Gasteiger charge is 1.96. The lowest BCUT2D eigenvalue weighted by molar-refractivity contribution is 0.152. The van der Waals surface area contributed by atoms with Crippen LogP contribution in [-0.4, -0.2) is 39.3 Å². The van der Waals surface area contributed by atoms with Crippen LogP contribution in [0.1, 0.15) is 12.5 Å². The number of nitrogens with one attached hydrogen (secondary N) is 2. The van der Waals surface area contributed by atoms with Crippen molar-refractivity contribution in [3.05, 3.63) is 35.9 Å². The highest BCUT2D eigenvalue weighted by molar-refractivity contribution is 14.0. The third-order valence-electron chi connectivity index (χ3n) is 2.52. The summed E-state index contributed by atoms with van der Waals surface area (Å²) in [6.07, 6.45) is 0.993. The molecular weight excluding hydrogens is 353 g/mol. The van der Waals surface area contributed by atoms with Crippen molar-refractivity contribution in [2.24, 2.45) is 4.99 Å². The SMILES string of the molecule is CCOCCNC(=NC)NCCc1ccccc1.I. The van der Waals surface area contributed by atoms with Gasteiger partial charge < -0.3 is 15.4 Å². The normalized spacial score (nSPS) is 10.7. The quantitative estimate of drug-likeness (QED) is 0.331. The molecule has 0 atom stereocenters. The molecule has 1 aromatic rings. The maximum atomic E-state index is 5.26. The van der Waals surface area contributed by atoms with Crippen LogP contribution in [0.2, 0.25) is 0 Å². The molecule has 0 heterocycles. The number of aliphatic imine (C=N–C) groups is 1. The Hall–Kier alpha value is -0.820. The molecule has 0 amide bonds. The third-order valence-corrected chi connectivity index (χ3v) is 2.52. The summed E-state index contributed by atoms with van der Waals surface area (Å²) in [4.78, 5) is 4.16. The second-order valence-electron chi connectivity index (χ2n) is 3.86. The zero-order chi connectivity index (χ0) is 13.1. The molecule has 2 N–H and O–H groups in total. The van der Waals surface area contributed by atoms with Crippen molar-refractivity contribution in [2.45, 2.75) is 13.3 Å². The maximum Gasteiger partial charge on any atom is 0.191 e. The predicted molar refractivity (Wildman–Crippen MR) is 91.4 cm³/mol. The lowest BCUT2D eigenvalue weighted by Crippen LogP contribution is -2.39. The van der Waals surface area contributed by atoms with Gasteiger partial charge in [-0.3, -0.25) is 4.99 Å². The van der Waals surface area contributed by atoms with Crippen molar-refractivity contribution < 1.29 is 4.74 Å². The van der Waals surface area contributed by atoms with Gasteiger partial charge in [0.25, 0.3) is 0 Å². The number of hydrogen-bond acceptors (Lipinski definition) is 2. The third kappa shape index (κ3) is 8.83. The van der Waals surface area contributed by atoms with Crippen LogP contribution in [-0.2, 0) is 11.2 Å². The minimum Gasteiger partial charge on any atom is -0.380 e. The summed E-state index contributed by atoms with van der Waals surface area (Å²) in [5.41, 5.74) is 1.33. The zero-order valence-corrected chi connectivity index (χ0v) is 14.0. The minimum absolute atomic E-state index is 0. The number of benzene rings is 1. The van der Waals surface area contributed by atoms with Gasteiger partial charge in [0.2, 0.25) is 0 Å². The van der Waals surface area contributed by atoms with Crippen molar-refractivity contribution in [2.75, 3.05) is 33.4 Å². The fourth-order valence-corrected chi connectivity index (χ4v) is 1.58. The molecule has 0 spiro atoms. The Kier molecular flexibility index (Phi) is 11.7. The molecule has 0 saturated heterocycles. The van der Waals surface area contributed by atoms with Gasteiger partial charge >= 0.3 is 0 Å². The van der Waals surface area contributed by atoms with Crippen LogP contribution in [0.5, 0.6) is 0 Å². The molecule has 0 aliphatic rings. The number of halogens is 1. The zero-order valence-electron chi connectivity index (χ0n) is 11.7. The fourth-order valence-electron chi connectivity index (χ4n) is 1.58. The molecule has 1 rings (SSSR count). The van der Waals surface area contributed by atoms with Gasteiger partial charge in [0.15, 0.2) is 5.96 Å². The van der Waals surface area contributed by atoms with Crippen molar-refractivity contribution in [3.63, 3.8) is 0 Å². The predicted octanol–water partition coefficient (Wildman–Crippen LogP) is 2.05. The van der Waals surface area contributed by atoms with Crippen LogP contribution >= 0.6 is 24.0 Å².